The van der Waals surface area contributed by atoms with Gasteiger partial charge in [-0.3, -0.25) is 10.1 Å². The highest BCUT2D eigenvalue weighted by atomic mass is 19.4. The molecular formula is C8H5F4NO3. The van der Waals surface area contributed by atoms with E-state index in [-0.39, 0.29) is 0 Å². The Kier molecular flexibility index (Phi) is 3.13. The Labute approximate surface area is 86.3 Å². The van der Waals surface area contributed by atoms with Gasteiger partial charge in [0, 0.05) is 11.6 Å². The second kappa shape index (κ2) is 4.05. The van der Waals surface area contributed by atoms with E-state index in [1.807, 2.05) is 0 Å². The average Bonchev–Trinajstić information content (AvgIpc) is 2.15. The molecule has 0 aliphatic rings. The number of nitro groups is 1. The number of aliphatic hydroxyl groups excluding tert-OH is 1. The van der Waals surface area contributed by atoms with Gasteiger partial charge < -0.3 is 5.11 Å². The first kappa shape index (κ1) is 12.4. The summed E-state index contributed by atoms with van der Waals surface area (Å²) in [6.07, 6.45) is -8.15. The van der Waals surface area contributed by atoms with E-state index in [2.05, 4.69) is 0 Å². The maximum Gasteiger partial charge on any atom is 0.418 e. The average molecular weight is 239 g/mol. The molecule has 1 atom stereocenters. The number of hydrogen-bond acceptors (Lipinski definition) is 3. The SMILES string of the molecule is O=[N+]([O-])c1cccc(C(O)C(F)(F)F)c1F. The molecule has 0 saturated carbocycles. The minimum Gasteiger partial charge on any atom is -0.379 e. The van der Waals surface area contributed by atoms with Crippen LogP contribution in [-0.4, -0.2) is 16.2 Å². The normalized spacial score (nSPS) is 13.6. The van der Waals surface area contributed by atoms with Gasteiger partial charge in [0.1, 0.15) is 0 Å². The van der Waals surface area contributed by atoms with Crippen LogP contribution in [0.1, 0.15) is 11.7 Å². The molecule has 0 fully saturated rings. The second-order valence-corrected chi connectivity index (χ2v) is 2.88. The first-order valence-corrected chi connectivity index (χ1v) is 3.92. The molecule has 0 heterocycles. The number of aliphatic hydroxyl groups is 1. The van der Waals surface area contributed by atoms with Crippen LogP contribution >= 0.6 is 0 Å². The van der Waals surface area contributed by atoms with Gasteiger partial charge in [-0.2, -0.15) is 17.6 Å². The number of hydrogen-bond donors (Lipinski definition) is 1. The third-order valence-corrected chi connectivity index (χ3v) is 1.81. The first-order valence-electron chi connectivity index (χ1n) is 3.92. The predicted molar refractivity (Wildman–Crippen MR) is 44.1 cm³/mol. The zero-order chi connectivity index (χ0) is 12.5. The molecule has 1 aromatic carbocycles. The summed E-state index contributed by atoms with van der Waals surface area (Å²) in [7, 11) is 0. The lowest BCUT2D eigenvalue weighted by atomic mass is 10.1. The maximum atomic E-state index is 13.2. The summed E-state index contributed by atoms with van der Waals surface area (Å²) in [5.41, 5.74) is -2.28. The topological polar surface area (TPSA) is 63.4 Å². The summed E-state index contributed by atoms with van der Waals surface area (Å²) in [6.45, 7) is 0. The van der Waals surface area contributed by atoms with Gasteiger partial charge in [-0.25, -0.2) is 0 Å². The third kappa shape index (κ3) is 2.27. The standard InChI is InChI=1S/C8H5F4NO3/c9-6-4(7(14)8(10,11)12)2-1-3-5(6)13(15)16/h1-3,7,14H. The van der Waals surface area contributed by atoms with Gasteiger partial charge in [-0.15, -0.1) is 0 Å². The lowest BCUT2D eigenvalue weighted by molar-refractivity contribution is -0.387. The number of nitrogens with zero attached hydrogens (tertiary/aromatic N) is 1. The van der Waals surface area contributed by atoms with Crippen LogP contribution in [0.25, 0.3) is 0 Å². The summed E-state index contributed by atoms with van der Waals surface area (Å²) in [5, 5.41) is 19.0. The number of halogens is 4. The van der Waals surface area contributed by atoms with Crippen molar-refractivity contribution in [3.05, 3.63) is 39.7 Å². The van der Waals surface area contributed by atoms with Gasteiger partial charge in [-0.05, 0) is 0 Å². The highest BCUT2D eigenvalue weighted by Gasteiger charge is 2.42. The van der Waals surface area contributed by atoms with Crippen LogP contribution in [0.4, 0.5) is 23.2 Å². The Morgan fingerprint density at radius 2 is 1.94 bits per heavy atom. The Hall–Kier alpha value is -1.70. The maximum absolute atomic E-state index is 13.2. The van der Waals surface area contributed by atoms with E-state index in [1.54, 1.807) is 0 Å². The molecule has 0 radical (unpaired) electrons. The fourth-order valence-corrected chi connectivity index (χ4v) is 1.07. The number of rotatable bonds is 2. The summed E-state index contributed by atoms with van der Waals surface area (Å²) in [6, 6.07) is 2.22. The van der Waals surface area contributed by atoms with Gasteiger partial charge in [0.25, 0.3) is 0 Å². The molecule has 0 bridgehead atoms. The highest BCUT2D eigenvalue weighted by molar-refractivity contribution is 5.38. The van der Waals surface area contributed by atoms with E-state index in [4.69, 9.17) is 5.11 Å². The van der Waals surface area contributed by atoms with Crippen LogP contribution in [0.15, 0.2) is 18.2 Å². The zero-order valence-corrected chi connectivity index (χ0v) is 7.53. The van der Waals surface area contributed by atoms with Gasteiger partial charge in [0.2, 0.25) is 5.82 Å². The summed E-state index contributed by atoms with van der Waals surface area (Å²) in [4.78, 5) is 9.08. The second-order valence-electron chi connectivity index (χ2n) is 2.88. The van der Waals surface area contributed by atoms with Crippen LogP contribution in [-0.2, 0) is 0 Å². The molecule has 88 valence electrons. The van der Waals surface area contributed by atoms with Crippen molar-refractivity contribution in [1.29, 1.82) is 0 Å². The van der Waals surface area contributed by atoms with Crippen LogP contribution in [0.5, 0.6) is 0 Å². The van der Waals surface area contributed by atoms with E-state index in [9.17, 15) is 27.7 Å². The molecular weight excluding hydrogens is 234 g/mol. The summed E-state index contributed by atoms with van der Waals surface area (Å²) >= 11 is 0. The molecule has 1 unspecified atom stereocenters. The van der Waals surface area contributed by atoms with Crippen LogP contribution < -0.4 is 0 Å². The molecule has 0 saturated heterocycles. The fraction of sp³-hybridized carbons (Fsp3) is 0.250. The van der Waals surface area contributed by atoms with Crippen molar-refractivity contribution >= 4 is 5.69 Å². The molecule has 4 nitrogen and oxygen atoms in total. The highest BCUT2D eigenvalue weighted by Crippen LogP contribution is 2.35. The Bertz CT molecular complexity index is 418. The Morgan fingerprint density at radius 3 is 2.38 bits per heavy atom. The minimum absolute atomic E-state index is 0.639. The van der Waals surface area contributed by atoms with Gasteiger partial charge >= 0.3 is 11.9 Å². The Balaban J connectivity index is 3.26. The Morgan fingerprint density at radius 1 is 1.38 bits per heavy atom. The van der Waals surface area contributed by atoms with Crippen LogP contribution in [0, 0.1) is 15.9 Å². The fourth-order valence-electron chi connectivity index (χ4n) is 1.07. The molecule has 1 N–H and O–H groups in total. The first-order chi connectivity index (χ1) is 7.25. The van der Waals surface area contributed by atoms with Crippen molar-refractivity contribution in [2.45, 2.75) is 12.3 Å². The van der Waals surface area contributed by atoms with E-state index in [0.29, 0.717) is 12.1 Å². The largest absolute Gasteiger partial charge is 0.418 e. The number of benzene rings is 1. The van der Waals surface area contributed by atoms with Gasteiger partial charge in [0.05, 0.1) is 4.92 Å². The van der Waals surface area contributed by atoms with Crippen molar-refractivity contribution in [3.8, 4) is 0 Å². The predicted octanol–water partition coefficient (Wildman–Crippen LogP) is 2.33. The molecule has 0 aliphatic heterocycles. The van der Waals surface area contributed by atoms with E-state index in [1.165, 1.54) is 0 Å². The molecule has 16 heavy (non-hydrogen) atoms. The van der Waals surface area contributed by atoms with Gasteiger partial charge in [0.15, 0.2) is 6.10 Å². The quantitative estimate of drug-likeness (QED) is 0.489. The van der Waals surface area contributed by atoms with Crippen LogP contribution in [0.2, 0.25) is 0 Å². The minimum atomic E-state index is -5.07. The third-order valence-electron chi connectivity index (χ3n) is 1.81. The molecule has 0 aliphatic carbocycles. The van der Waals surface area contributed by atoms with E-state index in [0.717, 1.165) is 6.07 Å². The number of nitro benzene ring substituents is 1. The smallest absolute Gasteiger partial charge is 0.379 e. The monoisotopic (exact) mass is 239 g/mol. The van der Waals surface area contributed by atoms with Gasteiger partial charge in [-0.1, -0.05) is 12.1 Å². The molecule has 0 aromatic heterocycles. The van der Waals surface area contributed by atoms with Crippen molar-refractivity contribution in [2.24, 2.45) is 0 Å². The van der Waals surface area contributed by atoms with E-state index >= 15 is 0 Å². The number of alkyl halides is 3. The molecule has 0 spiro atoms. The molecule has 1 rings (SSSR count). The molecule has 0 amide bonds. The lowest BCUT2D eigenvalue weighted by Crippen LogP contribution is -2.21. The van der Waals surface area contributed by atoms with E-state index < -0.39 is 34.3 Å². The summed E-state index contributed by atoms with van der Waals surface area (Å²) < 4.78 is 49.4. The van der Waals surface area contributed by atoms with Crippen molar-refractivity contribution in [1.82, 2.24) is 0 Å². The lowest BCUT2D eigenvalue weighted by Gasteiger charge is -2.14. The van der Waals surface area contributed by atoms with Crippen LogP contribution in [0.3, 0.4) is 0 Å². The molecule has 1 aromatic rings. The zero-order valence-electron chi connectivity index (χ0n) is 7.53. The molecule has 8 heteroatoms. The van der Waals surface area contributed by atoms with Crippen molar-refractivity contribution in [2.75, 3.05) is 0 Å². The summed E-state index contributed by atoms with van der Waals surface area (Å²) in [5.74, 6) is -1.68. The van der Waals surface area contributed by atoms with Crippen molar-refractivity contribution in [3.63, 3.8) is 0 Å². The van der Waals surface area contributed by atoms with Crippen molar-refractivity contribution < 1.29 is 27.6 Å².